The molecule has 4 nitrogen and oxygen atoms in total. The third-order valence-corrected chi connectivity index (χ3v) is 5.98. The molecule has 0 spiro atoms. The Morgan fingerprint density at radius 3 is 2.47 bits per heavy atom. The highest BCUT2D eigenvalue weighted by atomic mass is 32.2. The fraction of sp³-hybridized carbons (Fsp3) is 0.692. The first-order valence-electron chi connectivity index (χ1n) is 6.57. The van der Waals surface area contributed by atoms with Gasteiger partial charge in [0.05, 0.1) is 6.61 Å². The highest BCUT2D eigenvalue weighted by Gasteiger charge is 2.19. The van der Waals surface area contributed by atoms with Gasteiger partial charge in [0.25, 0.3) is 0 Å². The fourth-order valence-electron chi connectivity index (χ4n) is 1.80. The summed E-state index contributed by atoms with van der Waals surface area (Å²) in [5, 5.41) is 8.96. The number of aliphatic hydroxyl groups excluding tert-OH is 1. The van der Waals surface area contributed by atoms with E-state index in [1.165, 1.54) is 0 Å². The number of hydrogen-bond donors (Lipinski definition) is 2. The van der Waals surface area contributed by atoms with E-state index >= 15 is 0 Å². The standard InChI is InChI=1S/C13H23NO3S2/c1-10(2)5-4-6-11(3)14-19(16,17)13-8-7-12(9-15)18-13/h7-8,10-11,14-15H,4-6,9H2,1-3H3. The molecule has 1 aromatic rings. The normalized spacial score (nSPS) is 13.9. The molecule has 0 aromatic carbocycles. The molecule has 0 aliphatic carbocycles. The quantitative estimate of drug-likeness (QED) is 0.776. The van der Waals surface area contributed by atoms with Gasteiger partial charge in [0.15, 0.2) is 0 Å². The highest BCUT2D eigenvalue weighted by Crippen LogP contribution is 2.22. The van der Waals surface area contributed by atoms with Gasteiger partial charge in [0, 0.05) is 10.9 Å². The second-order valence-corrected chi connectivity index (χ2v) is 8.34. The van der Waals surface area contributed by atoms with Gasteiger partial charge in [0.2, 0.25) is 10.0 Å². The summed E-state index contributed by atoms with van der Waals surface area (Å²) >= 11 is 1.11. The average molecular weight is 305 g/mol. The maximum Gasteiger partial charge on any atom is 0.250 e. The van der Waals surface area contributed by atoms with Crippen molar-refractivity contribution in [1.29, 1.82) is 0 Å². The van der Waals surface area contributed by atoms with E-state index < -0.39 is 10.0 Å². The number of sulfonamides is 1. The second kappa shape index (κ2) is 7.38. The Bertz CT molecular complexity index is 480. The van der Waals surface area contributed by atoms with Crippen LogP contribution >= 0.6 is 11.3 Å². The smallest absolute Gasteiger partial charge is 0.250 e. The van der Waals surface area contributed by atoms with Crippen LogP contribution in [0.25, 0.3) is 0 Å². The lowest BCUT2D eigenvalue weighted by atomic mass is 10.0. The summed E-state index contributed by atoms with van der Waals surface area (Å²) in [4.78, 5) is 0.660. The predicted molar refractivity (Wildman–Crippen MR) is 78.7 cm³/mol. The molecule has 110 valence electrons. The zero-order valence-corrected chi connectivity index (χ0v) is 13.4. The van der Waals surface area contributed by atoms with Crippen LogP contribution in [0.2, 0.25) is 0 Å². The van der Waals surface area contributed by atoms with E-state index in [4.69, 9.17) is 5.11 Å². The molecule has 1 aromatic heterocycles. The van der Waals surface area contributed by atoms with Gasteiger partial charge < -0.3 is 5.11 Å². The lowest BCUT2D eigenvalue weighted by molar-refractivity contribution is 0.285. The third kappa shape index (κ3) is 5.60. The minimum atomic E-state index is -3.44. The largest absolute Gasteiger partial charge is 0.391 e. The Morgan fingerprint density at radius 1 is 1.26 bits per heavy atom. The first-order valence-corrected chi connectivity index (χ1v) is 8.87. The molecule has 1 atom stereocenters. The van der Waals surface area contributed by atoms with Gasteiger partial charge in [-0.3, -0.25) is 0 Å². The van der Waals surface area contributed by atoms with Crippen molar-refractivity contribution < 1.29 is 13.5 Å². The molecule has 1 heterocycles. The van der Waals surface area contributed by atoms with Gasteiger partial charge in [-0.15, -0.1) is 11.3 Å². The van der Waals surface area contributed by atoms with Crippen LogP contribution in [-0.2, 0) is 16.6 Å². The van der Waals surface area contributed by atoms with Gasteiger partial charge >= 0.3 is 0 Å². The number of rotatable bonds is 8. The number of aliphatic hydroxyl groups is 1. The summed E-state index contributed by atoms with van der Waals surface area (Å²) < 4.78 is 27.1. The van der Waals surface area contributed by atoms with E-state index in [2.05, 4.69) is 18.6 Å². The number of hydrogen-bond acceptors (Lipinski definition) is 4. The molecule has 0 bridgehead atoms. The Hall–Kier alpha value is -0.430. The van der Waals surface area contributed by atoms with Gasteiger partial charge in [-0.2, -0.15) is 0 Å². The van der Waals surface area contributed by atoms with Crippen LogP contribution in [-0.4, -0.2) is 19.6 Å². The zero-order valence-electron chi connectivity index (χ0n) is 11.7. The zero-order chi connectivity index (χ0) is 14.5. The lowest BCUT2D eigenvalue weighted by Gasteiger charge is -2.13. The minimum Gasteiger partial charge on any atom is -0.391 e. The van der Waals surface area contributed by atoms with Crippen LogP contribution < -0.4 is 4.72 Å². The van der Waals surface area contributed by atoms with E-state index in [0.29, 0.717) is 10.8 Å². The molecule has 19 heavy (non-hydrogen) atoms. The van der Waals surface area contributed by atoms with E-state index in [-0.39, 0.29) is 16.9 Å². The Kier molecular flexibility index (Phi) is 6.46. The molecule has 1 unspecified atom stereocenters. The maximum absolute atomic E-state index is 12.1. The first-order chi connectivity index (χ1) is 8.85. The van der Waals surface area contributed by atoms with Crippen molar-refractivity contribution in [3.05, 3.63) is 17.0 Å². The molecule has 2 N–H and O–H groups in total. The third-order valence-electron chi connectivity index (χ3n) is 2.83. The first kappa shape index (κ1) is 16.6. The fourth-order valence-corrected chi connectivity index (χ4v) is 4.31. The summed E-state index contributed by atoms with van der Waals surface area (Å²) in [5.74, 6) is 0.646. The van der Waals surface area contributed by atoms with Crippen LogP contribution in [0.4, 0.5) is 0 Å². The average Bonchev–Trinajstić information content (AvgIpc) is 2.76. The Labute approximate surface area is 119 Å². The van der Waals surface area contributed by atoms with Gasteiger partial charge in [0.1, 0.15) is 4.21 Å². The lowest BCUT2D eigenvalue weighted by Crippen LogP contribution is -2.32. The monoisotopic (exact) mass is 305 g/mol. The summed E-state index contributed by atoms with van der Waals surface area (Å²) in [6, 6.07) is 3.12. The minimum absolute atomic E-state index is 0.0663. The van der Waals surface area contributed by atoms with Crippen LogP contribution in [0.5, 0.6) is 0 Å². The summed E-state index contributed by atoms with van der Waals surface area (Å²) in [6.45, 7) is 6.09. The Morgan fingerprint density at radius 2 is 1.95 bits per heavy atom. The Balaban J connectivity index is 2.54. The molecule has 0 saturated heterocycles. The molecule has 1 rings (SSSR count). The molecular weight excluding hydrogens is 282 g/mol. The highest BCUT2D eigenvalue weighted by molar-refractivity contribution is 7.91. The van der Waals surface area contributed by atoms with Crippen molar-refractivity contribution in [2.24, 2.45) is 5.92 Å². The van der Waals surface area contributed by atoms with Crippen LogP contribution in [0.15, 0.2) is 16.3 Å². The van der Waals surface area contributed by atoms with Crippen molar-refractivity contribution in [2.75, 3.05) is 0 Å². The molecule has 6 heteroatoms. The molecule has 0 aliphatic heterocycles. The van der Waals surface area contributed by atoms with Gasteiger partial charge in [-0.25, -0.2) is 13.1 Å². The molecule has 0 radical (unpaired) electrons. The maximum atomic E-state index is 12.1. The topological polar surface area (TPSA) is 66.4 Å². The van der Waals surface area contributed by atoms with Crippen LogP contribution in [0, 0.1) is 5.92 Å². The summed E-state index contributed by atoms with van der Waals surface area (Å²) in [7, 11) is -3.44. The van der Waals surface area contributed by atoms with Crippen LogP contribution in [0.3, 0.4) is 0 Å². The van der Waals surface area contributed by atoms with Crippen molar-refractivity contribution in [3.63, 3.8) is 0 Å². The summed E-state index contributed by atoms with van der Waals surface area (Å²) in [6.07, 6.45) is 2.98. The second-order valence-electron chi connectivity index (χ2n) is 5.23. The molecule has 0 aliphatic rings. The van der Waals surface area contributed by atoms with E-state index in [1.54, 1.807) is 12.1 Å². The van der Waals surface area contributed by atoms with Crippen molar-refractivity contribution in [1.82, 2.24) is 4.72 Å². The van der Waals surface area contributed by atoms with E-state index in [1.807, 2.05) is 6.92 Å². The van der Waals surface area contributed by atoms with E-state index in [0.717, 1.165) is 30.6 Å². The van der Waals surface area contributed by atoms with Gasteiger partial charge in [-0.1, -0.05) is 26.7 Å². The van der Waals surface area contributed by atoms with E-state index in [9.17, 15) is 8.42 Å². The molecule has 0 saturated carbocycles. The SMILES string of the molecule is CC(C)CCCC(C)NS(=O)(=O)c1ccc(CO)s1. The van der Waals surface area contributed by atoms with Crippen molar-refractivity contribution >= 4 is 21.4 Å². The van der Waals surface area contributed by atoms with Gasteiger partial charge in [-0.05, 0) is 31.4 Å². The molecule has 0 fully saturated rings. The number of nitrogens with one attached hydrogen (secondary N) is 1. The molecule has 0 amide bonds. The summed E-state index contributed by atoms with van der Waals surface area (Å²) in [5.41, 5.74) is 0. The van der Waals surface area contributed by atoms with Crippen molar-refractivity contribution in [2.45, 2.75) is 56.9 Å². The van der Waals surface area contributed by atoms with Crippen LogP contribution in [0.1, 0.15) is 44.9 Å². The predicted octanol–water partition coefficient (Wildman–Crippen LogP) is 2.73. The van der Waals surface area contributed by atoms with Crippen molar-refractivity contribution in [3.8, 4) is 0 Å². The number of thiophene rings is 1. The molecular formula is C13H23NO3S2.